The van der Waals surface area contributed by atoms with E-state index in [0.29, 0.717) is 47.9 Å². The third-order valence-corrected chi connectivity index (χ3v) is 6.98. The van der Waals surface area contributed by atoms with Crippen molar-refractivity contribution in [2.75, 3.05) is 13.7 Å². The van der Waals surface area contributed by atoms with E-state index in [1.807, 2.05) is 65.2 Å². The van der Waals surface area contributed by atoms with Crippen LogP contribution in [0.3, 0.4) is 0 Å². The molecule has 5 rings (SSSR count). The van der Waals surface area contributed by atoms with Gasteiger partial charge in [0, 0.05) is 22.5 Å². The van der Waals surface area contributed by atoms with Crippen molar-refractivity contribution in [3.8, 4) is 11.8 Å². The van der Waals surface area contributed by atoms with E-state index in [0.717, 1.165) is 21.0 Å². The lowest BCUT2D eigenvalue weighted by Gasteiger charge is -2.23. The van der Waals surface area contributed by atoms with Crippen molar-refractivity contribution in [2.45, 2.75) is 19.5 Å². The lowest BCUT2D eigenvalue weighted by molar-refractivity contribution is 0.0733. The molecule has 0 N–H and O–H groups in total. The summed E-state index contributed by atoms with van der Waals surface area (Å²) in [6.07, 6.45) is 2.32. The molecule has 2 heterocycles. The Morgan fingerprint density at radius 2 is 1.79 bits per heavy atom. The van der Waals surface area contributed by atoms with Gasteiger partial charge in [-0.05, 0) is 53.9 Å². The Hall–Kier alpha value is -4.55. The molecule has 1 amide bonds. The highest BCUT2D eigenvalue weighted by Crippen LogP contribution is 2.26. The van der Waals surface area contributed by atoms with E-state index in [9.17, 15) is 4.79 Å². The van der Waals surface area contributed by atoms with Crippen LogP contribution in [0, 0.1) is 11.3 Å². The molecule has 0 spiro atoms. The average Bonchev–Trinajstić information content (AvgIpc) is 3.41. The number of amides is 1. The number of carbonyl (C=O) groups is 1. The number of nitriles is 1. The van der Waals surface area contributed by atoms with Gasteiger partial charge in [-0.25, -0.2) is 4.98 Å². The number of fused-ring (bicyclic) bond motifs is 1. The number of benzene rings is 3. The summed E-state index contributed by atoms with van der Waals surface area (Å²) < 4.78 is 8.50. The fourth-order valence-corrected chi connectivity index (χ4v) is 4.60. The van der Waals surface area contributed by atoms with Crippen LogP contribution in [0.1, 0.15) is 33.0 Å². The van der Waals surface area contributed by atoms with E-state index in [1.165, 1.54) is 0 Å². The van der Waals surface area contributed by atoms with Gasteiger partial charge < -0.3 is 14.2 Å². The maximum absolute atomic E-state index is 13.9. The molecule has 0 aliphatic carbocycles. The minimum Gasteiger partial charge on any atom is -0.496 e. The number of para-hydroxylation sites is 1. The molecule has 5 aromatic rings. The SMILES string of the molecule is COc1cc(C(=O)N(CCc2ccc(Br)cc2)Cc2nncn2Cc2ccc(C#N)cc2)nc2ccccc12. The summed E-state index contributed by atoms with van der Waals surface area (Å²) in [6, 6.07) is 26.9. The molecular weight excluding hydrogens is 556 g/mol. The van der Waals surface area contributed by atoms with Crippen LogP contribution < -0.4 is 4.74 Å². The van der Waals surface area contributed by atoms with Crippen LogP contribution in [-0.4, -0.2) is 44.2 Å². The van der Waals surface area contributed by atoms with Gasteiger partial charge in [0.15, 0.2) is 5.82 Å². The van der Waals surface area contributed by atoms with Crippen LogP contribution in [0.4, 0.5) is 0 Å². The first kappa shape index (κ1) is 26.1. The lowest BCUT2D eigenvalue weighted by atomic mass is 10.1. The number of carbonyl (C=O) groups excluding carboxylic acids is 1. The standard InChI is InChI=1S/C30H25BrN6O2/c1-39-28-16-27(34-26-5-3-2-4-25(26)28)30(38)36(15-14-21-10-12-24(31)13-11-21)19-29-35-33-20-37(29)18-23-8-6-22(17-32)7-9-23/h2-13,16,20H,14-15,18-19H2,1H3. The van der Waals surface area contributed by atoms with Crippen molar-refractivity contribution in [2.24, 2.45) is 0 Å². The Bertz CT molecular complexity index is 1640. The summed E-state index contributed by atoms with van der Waals surface area (Å²) in [5, 5.41) is 18.4. The van der Waals surface area contributed by atoms with Crippen LogP contribution >= 0.6 is 15.9 Å². The molecule has 0 radical (unpaired) electrons. The number of aromatic nitrogens is 4. The molecule has 194 valence electrons. The number of rotatable bonds is 9. The first-order valence-electron chi connectivity index (χ1n) is 12.4. The molecule has 39 heavy (non-hydrogen) atoms. The zero-order valence-corrected chi connectivity index (χ0v) is 22.9. The molecule has 0 unspecified atom stereocenters. The second kappa shape index (κ2) is 11.9. The Morgan fingerprint density at radius 3 is 2.54 bits per heavy atom. The Kier molecular flexibility index (Phi) is 7.94. The molecule has 2 aromatic heterocycles. The van der Waals surface area contributed by atoms with E-state index in [2.05, 4.69) is 37.2 Å². The van der Waals surface area contributed by atoms with Crippen LogP contribution in [0.5, 0.6) is 5.75 Å². The monoisotopic (exact) mass is 580 g/mol. The van der Waals surface area contributed by atoms with Gasteiger partial charge in [-0.2, -0.15) is 5.26 Å². The first-order valence-corrected chi connectivity index (χ1v) is 13.2. The normalized spacial score (nSPS) is 10.8. The minimum absolute atomic E-state index is 0.218. The maximum Gasteiger partial charge on any atom is 0.273 e. The van der Waals surface area contributed by atoms with Gasteiger partial charge in [0.2, 0.25) is 0 Å². The quantitative estimate of drug-likeness (QED) is 0.231. The smallest absolute Gasteiger partial charge is 0.273 e. The van der Waals surface area contributed by atoms with Crippen molar-refractivity contribution in [3.63, 3.8) is 0 Å². The Morgan fingerprint density at radius 1 is 1.05 bits per heavy atom. The second-order valence-corrected chi connectivity index (χ2v) is 9.93. The van der Waals surface area contributed by atoms with E-state index in [4.69, 9.17) is 10.00 Å². The fraction of sp³-hybridized carbons (Fsp3) is 0.167. The molecule has 0 fully saturated rings. The molecule has 0 saturated heterocycles. The van der Waals surface area contributed by atoms with Crippen molar-refractivity contribution in [3.05, 3.63) is 118 Å². The fourth-order valence-electron chi connectivity index (χ4n) is 4.34. The molecule has 9 heteroatoms. The molecular formula is C30H25BrN6O2. The largest absolute Gasteiger partial charge is 0.496 e. The van der Waals surface area contributed by atoms with Crippen molar-refractivity contribution in [1.29, 1.82) is 5.26 Å². The van der Waals surface area contributed by atoms with Crippen molar-refractivity contribution in [1.82, 2.24) is 24.6 Å². The predicted octanol–water partition coefficient (Wildman–Crippen LogP) is 5.40. The van der Waals surface area contributed by atoms with Gasteiger partial charge in [-0.3, -0.25) is 4.79 Å². The molecule has 8 nitrogen and oxygen atoms in total. The second-order valence-electron chi connectivity index (χ2n) is 9.01. The van der Waals surface area contributed by atoms with Crippen LogP contribution in [0.2, 0.25) is 0 Å². The highest BCUT2D eigenvalue weighted by Gasteiger charge is 2.22. The van der Waals surface area contributed by atoms with Gasteiger partial charge in [0.05, 0.1) is 37.3 Å². The Labute approximate surface area is 234 Å². The number of nitrogens with zero attached hydrogens (tertiary/aromatic N) is 6. The van der Waals surface area contributed by atoms with E-state index in [-0.39, 0.29) is 12.5 Å². The minimum atomic E-state index is -0.218. The van der Waals surface area contributed by atoms with E-state index < -0.39 is 0 Å². The molecule has 0 bridgehead atoms. The van der Waals surface area contributed by atoms with Gasteiger partial charge in [-0.1, -0.05) is 52.3 Å². The predicted molar refractivity (Wildman–Crippen MR) is 151 cm³/mol. The zero-order chi connectivity index (χ0) is 27.2. The van der Waals surface area contributed by atoms with Crippen LogP contribution in [0.15, 0.2) is 89.7 Å². The number of methoxy groups -OCH3 is 1. The van der Waals surface area contributed by atoms with Gasteiger partial charge in [0.1, 0.15) is 17.8 Å². The summed E-state index contributed by atoms with van der Waals surface area (Å²) in [6.45, 7) is 1.23. The van der Waals surface area contributed by atoms with E-state index in [1.54, 1.807) is 36.5 Å². The number of pyridine rings is 1. The number of hydrogen-bond acceptors (Lipinski definition) is 6. The highest BCUT2D eigenvalue weighted by atomic mass is 79.9. The zero-order valence-electron chi connectivity index (χ0n) is 21.3. The molecule has 0 aliphatic rings. The highest BCUT2D eigenvalue weighted by molar-refractivity contribution is 9.10. The number of ether oxygens (including phenoxy) is 1. The van der Waals surface area contributed by atoms with Crippen molar-refractivity contribution >= 4 is 32.7 Å². The molecule has 3 aromatic carbocycles. The molecule has 0 atom stereocenters. The van der Waals surface area contributed by atoms with Crippen LogP contribution in [-0.2, 0) is 19.5 Å². The number of hydrogen-bond donors (Lipinski definition) is 0. The first-order chi connectivity index (χ1) is 19.0. The average molecular weight is 581 g/mol. The summed E-state index contributed by atoms with van der Waals surface area (Å²) in [7, 11) is 1.59. The van der Waals surface area contributed by atoms with Gasteiger partial charge in [0.25, 0.3) is 5.91 Å². The molecule has 0 saturated carbocycles. The summed E-state index contributed by atoms with van der Waals surface area (Å²) >= 11 is 3.48. The molecule has 0 aliphatic heterocycles. The maximum atomic E-state index is 13.9. The van der Waals surface area contributed by atoms with Crippen LogP contribution in [0.25, 0.3) is 10.9 Å². The van der Waals surface area contributed by atoms with Gasteiger partial charge in [-0.15, -0.1) is 10.2 Å². The topological polar surface area (TPSA) is 96.9 Å². The van der Waals surface area contributed by atoms with Crippen molar-refractivity contribution < 1.29 is 9.53 Å². The lowest BCUT2D eigenvalue weighted by Crippen LogP contribution is -2.34. The Balaban J connectivity index is 1.44. The van der Waals surface area contributed by atoms with E-state index >= 15 is 0 Å². The third kappa shape index (κ3) is 6.13. The van der Waals surface area contributed by atoms with Gasteiger partial charge >= 0.3 is 0 Å². The summed E-state index contributed by atoms with van der Waals surface area (Å²) in [5.41, 5.74) is 3.71. The number of halogens is 1. The third-order valence-electron chi connectivity index (χ3n) is 6.45. The summed E-state index contributed by atoms with van der Waals surface area (Å²) in [5.74, 6) is 1.03. The summed E-state index contributed by atoms with van der Waals surface area (Å²) in [4.78, 5) is 20.3.